The van der Waals surface area contributed by atoms with Crippen molar-refractivity contribution in [3.05, 3.63) is 87.7 Å². The van der Waals surface area contributed by atoms with Gasteiger partial charge in [0.2, 0.25) is 0 Å². The summed E-state index contributed by atoms with van der Waals surface area (Å²) in [4.78, 5) is 0. The third kappa shape index (κ3) is 6.02. The molecule has 1 atom stereocenters. The van der Waals surface area contributed by atoms with E-state index in [0.717, 1.165) is 29.7 Å². The van der Waals surface area contributed by atoms with Crippen molar-refractivity contribution in [2.24, 2.45) is 0 Å². The summed E-state index contributed by atoms with van der Waals surface area (Å²) in [5.74, 6) is -1.63. The van der Waals surface area contributed by atoms with Gasteiger partial charge in [-0.25, -0.2) is 13.2 Å². The minimum Gasteiger partial charge on any atom is -0.507 e. The van der Waals surface area contributed by atoms with Crippen molar-refractivity contribution >= 4 is 10.8 Å². The zero-order valence-corrected chi connectivity index (χ0v) is 24.7. The lowest BCUT2D eigenvalue weighted by Gasteiger charge is -2.33. The van der Waals surface area contributed by atoms with Gasteiger partial charge in [-0.3, -0.25) is 0 Å². The number of hydrogen-bond donors (Lipinski definition) is 3. The molecule has 5 rings (SSSR count). The van der Waals surface area contributed by atoms with Crippen LogP contribution in [0.3, 0.4) is 0 Å². The standard InChI is InChI=1S/C34H35F3O6/c1-17-22-7-6-12-41-31(22)27(37)15-24(17)29-23-11-10-21(42-16-19-8-9-20(35)13-26(19)36)14-25(23)30(38)18(2)28(29)32(33(39)40)43-34(3,4)5/h8-11,13-15,32-33,38-40H,6-7,12,16H2,1-5H3. The summed E-state index contributed by atoms with van der Waals surface area (Å²) in [6.07, 6.45) is -1.93. The summed E-state index contributed by atoms with van der Waals surface area (Å²) in [5, 5.41) is 33.4. The lowest BCUT2D eigenvalue weighted by molar-refractivity contribution is -0.185. The van der Waals surface area contributed by atoms with Crippen LogP contribution < -0.4 is 9.47 Å². The molecule has 0 radical (unpaired) electrons. The zero-order chi connectivity index (χ0) is 31.2. The number of aliphatic hydroxyl groups is 2. The first-order valence-electron chi connectivity index (χ1n) is 14.1. The average Bonchev–Trinajstić information content (AvgIpc) is 2.95. The van der Waals surface area contributed by atoms with Gasteiger partial charge in [-0.15, -0.1) is 0 Å². The molecular formula is C34H35F3O6. The first-order chi connectivity index (χ1) is 20.3. The molecule has 0 aliphatic carbocycles. The minimum absolute atomic E-state index is 0.152. The van der Waals surface area contributed by atoms with E-state index in [9.17, 15) is 24.1 Å². The molecule has 0 spiro atoms. The summed E-state index contributed by atoms with van der Waals surface area (Å²) in [7, 11) is 0. The van der Waals surface area contributed by atoms with E-state index in [4.69, 9.17) is 14.2 Å². The van der Waals surface area contributed by atoms with E-state index in [1.807, 2.05) is 6.92 Å². The topological polar surface area (TPSA) is 88.4 Å². The number of ether oxygens (including phenoxy) is 3. The lowest BCUT2D eigenvalue weighted by Crippen LogP contribution is -2.31. The Hall–Kier alpha value is -3.79. The number of fused-ring (bicyclic) bond motifs is 2. The first kappa shape index (κ1) is 30.7. The van der Waals surface area contributed by atoms with E-state index >= 15 is 4.39 Å². The van der Waals surface area contributed by atoms with Crippen LogP contribution in [0.5, 0.6) is 17.2 Å². The van der Waals surface area contributed by atoms with Gasteiger partial charge < -0.3 is 29.5 Å². The zero-order valence-electron chi connectivity index (χ0n) is 24.7. The van der Waals surface area contributed by atoms with Gasteiger partial charge in [-0.05, 0) is 111 Å². The van der Waals surface area contributed by atoms with E-state index in [1.165, 1.54) is 12.1 Å². The van der Waals surface area contributed by atoms with Crippen LogP contribution in [0.2, 0.25) is 0 Å². The van der Waals surface area contributed by atoms with Gasteiger partial charge in [0.25, 0.3) is 0 Å². The molecule has 4 aromatic carbocycles. The normalized spacial score (nSPS) is 14.1. The van der Waals surface area contributed by atoms with Crippen molar-refractivity contribution in [2.45, 2.75) is 72.1 Å². The summed E-state index contributed by atoms with van der Waals surface area (Å²) >= 11 is 0. The molecule has 0 amide bonds. The van der Waals surface area contributed by atoms with Crippen molar-refractivity contribution in [3.8, 4) is 28.4 Å². The molecule has 1 unspecified atom stereocenters. The van der Waals surface area contributed by atoms with Crippen LogP contribution in [0.4, 0.5) is 13.2 Å². The van der Waals surface area contributed by atoms with Crippen molar-refractivity contribution < 1.29 is 42.7 Å². The van der Waals surface area contributed by atoms with Crippen molar-refractivity contribution in [1.82, 2.24) is 0 Å². The molecule has 0 saturated heterocycles. The maximum absolute atomic E-state index is 15.5. The molecule has 1 heterocycles. The van der Waals surface area contributed by atoms with Gasteiger partial charge in [0.05, 0.1) is 12.2 Å². The SMILES string of the molecule is Cc1c(-c2c(C(OC(C)(C)C)C(O)O)c(C)c(O)c3cc(OCc4ccc(F)cc4F)ccc23)cc(F)c2c1CCCO2. The van der Waals surface area contributed by atoms with E-state index in [2.05, 4.69) is 0 Å². The second-order valence-corrected chi connectivity index (χ2v) is 11.8. The fraction of sp³-hybridized carbons (Fsp3) is 0.353. The van der Waals surface area contributed by atoms with Crippen LogP contribution >= 0.6 is 0 Å². The smallest absolute Gasteiger partial charge is 0.182 e. The summed E-state index contributed by atoms with van der Waals surface area (Å²) in [5.41, 5.74) is 2.41. The third-order valence-electron chi connectivity index (χ3n) is 7.69. The predicted molar refractivity (Wildman–Crippen MR) is 157 cm³/mol. The highest BCUT2D eigenvalue weighted by Gasteiger charge is 2.34. The molecule has 0 bridgehead atoms. The van der Waals surface area contributed by atoms with E-state index in [-0.39, 0.29) is 23.7 Å². The molecule has 0 saturated carbocycles. The van der Waals surface area contributed by atoms with Crippen molar-refractivity contribution in [1.29, 1.82) is 0 Å². The van der Waals surface area contributed by atoms with E-state index < -0.39 is 35.4 Å². The highest BCUT2D eigenvalue weighted by Crippen LogP contribution is 2.49. The quantitative estimate of drug-likeness (QED) is 0.194. The molecule has 9 heteroatoms. The van der Waals surface area contributed by atoms with Crippen LogP contribution in [-0.2, 0) is 17.8 Å². The molecule has 1 aliphatic heterocycles. The van der Waals surface area contributed by atoms with E-state index in [0.29, 0.717) is 51.8 Å². The molecule has 6 nitrogen and oxygen atoms in total. The summed E-state index contributed by atoms with van der Waals surface area (Å²) in [6, 6.07) is 9.45. The number of phenols is 1. The molecule has 3 N–H and O–H groups in total. The Labute approximate surface area is 248 Å². The molecule has 1 aliphatic rings. The molecule has 43 heavy (non-hydrogen) atoms. The van der Waals surface area contributed by atoms with Gasteiger partial charge in [-0.1, -0.05) is 0 Å². The molecule has 228 valence electrons. The predicted octanol–water partition coefficient (Wildman–Crippen LogP) is 7.32. The maximum atomic E-state index is 15.5. The fourth-order valence-corrected chi connectivity index (χ4v) is 5.70. The fourth-order valence-electron chi connectivity index (χ4n) is 5.70. The van der Waals surface area contributed by atoms with Gasteiger partial charge >= 0.3 is 0 Å². The highest BCUT2D eigenvalue weighted by molar-refractivity contribution is 6.04. The maximum Gasteiger partial charge on any atom is 0.182 e. The Morgan fingerprint density at radius 2 is 1.67 bits per heavy atom. The Bertz CT molecular complexity index is 1690. The number of aliphatic hydroxyl groups excluding tert-OH is 1. The molecule has 0 aromatic heterocycles. The van der Waals surface area contributed by atoms with Crippen molar-refractivity contribution in [2.75, 3.05) is 6.61 Å². The summed E-state index contributed by atoms with van der Waals surface area (Å²) < 4.78 is 60.7. The van der Waals surface area contributed by atoms with Crippen LogP contribution in [-0.4, -0.2) is 33.8 Å². The Kier molecular flexibility index (Phi) is 8.35. The number of rotatable bonds is 7. The monoisotopic (exact) mass is 596 g/mol. The molecular weight excluding hydrogens is 561 g/mol. The largest absolute Gasteiger partial charge is 0.507 e. The lowest BCUT2D eigenvalue weighted by atomic mass is 9.83. The van der Waals surface area contributed by atoms with Crippen LogP contribution in [0, 0.1) is 31.3 Å². The average molecular weight is 597 g/mol. The van der Waals surface area contributed by atoms with Crippen molar-refractivity contribution in [3.63, 3.8) is 0 Å². The second kappa shape index (κ2) is 11.7. The minimum atomic E-state index is -1.96. The molecule has 0 fully saturated rings. The second-order valence-electron chi connectivity index (χ2n) is 11.8. The van der Waals surface area contributed by atoms with E-state index in [1.54, 1.807) is 45.9 Å². The van der Waals surface area contributed by atoms with Crippen LogP contribution in [0.1, 0.15) is 61.1 Å². The number of phenolic OH excluding ortho intramolecular Hbond substituents is 1. The van der Waals surface area contributed by atoms with Gasteiger partial charge in [0.1, 0.15) is 35.8 Å². The number of halogens is 3. The molecule has 4 aromatic rings. The van der Waals surface area contributed by atoms with Crippen LogP contribution in [0.15, 0.2) is 42.5 Å². The Morgan fingerprint density at radius 1 is 0.930 bits per heavy atom. The van der Waals surface area contributed by atoms with Gasteiger partial charge in [0, 0.05) is 28.1 Å². The van der Waals surface area contributed by atoms with Crippen LogP contribution in [0.25, 0.3) is 21.9 Å². The number of hydrogen-bond acceptors (Lipinski definition) is 6. The third-order valence-corrected chi connectivity index (χ3v) is 7.69. The number of aromatic hydroxyl groups is 1. The Morgan fingerprint density at radius 3 is 2.35 bits per heavy atom. The number of benzene rings is 4. The van der Waals surface area contributed by atoms with Gasteiger partial charge in [0.15, 0.2) is 17.9 Å². The first-order valence-corrected chi connectivity index (χ1v) is 14.1. The Balaban J connectivity index is 1.74. The highest BCUT2D eigenvalue weighted by atomic mass is 19.1. The summed E-state index contributed by atoms with van der Waals surface area (Å²) in [6.45, 7) is 9.04. The van der Waals surface area contributed by atoms with Gasteiger partial charge in [-0.2, -0.15) is 0 Å².